The van der Waals surface area contributed by atoms with Crippen LogP contribution in [-0.2, 0) is 0 Å². The highest BCUT2D eigenvalue weighted by atomic mass is 32.1. The average molecular weight is 258 g/mol. The number of anilines is 1. The van der Waals surface area contributed by atoms with Gasteiger partial charge in [-0.05, 0) is 18.2 Å². The summed E-state index contributed by atoms with van der Waals surface area (Å²) >= 11 is 1.31. The van der Waals surface area contributed by atoms with Crippen LogP contribution in [0.4, 0.5) is 5.69 Å². The Bertz CT molecular complexity index is 613. The number of nitrogens with zero attached hydrogens (tertiary/aromatic N) is 1. The molecule has 5 heteroatoms. The molecule has 18 heavy (non-hydrogen) atoms. The third-order valence-corrected chi connectivity index (χ3v) is 3.19. The lowest BCUT2D eigenvalue weighted by Gasteiger charge is -2.03. The highest BCUT2D eigenvalue weighted by molar-refractivity contribution is 7.12. The molecule has 2 rings (SSSR count). The Labute approximate surface area is 108 Å². The molecule has 1 aromatic carbocycles. The van der Waals surface area contributed by atoms with Crippen molar-refractivity contribution in [1.29, 1.82) is 5.26 Å². The van der Waals surface area contributed by atoms with E-state index in [4.69, 9.17) is 10.00 Å². The predicted molar refractivity (Wildman–Crippen MR) is 70.0 cm³/mol. The van der Waals surface area contributed by atoms with Gasteiger partial charge in [-0.1, -0.05) is 6.07 Å². The fraction of sp³-hybridized carbons (Fsp3) is 0.0769. The molecule has 0 bridgehead atoms. The minimum absolute atomic E-state index is 0.210. The van der Waals surface area contributed by atoms with Gasteiger partial charge in [-0.25, -0.2) is 0 Å². The molecule has 0 saturated carbocycles. The van der Waals surface area contributed by atoms with Gasteiger partial charge in [-0.2, -0.15) is 5.26 Å². The monoisotopic (exact) mass is 258 g/mol. The summed E-state index contributed by atoms with van der Waals surface area (Å²) < 4.78 is 5.02. The Morgan fingerprint density at radius 1 is 1.44 bits per heavy atom. The quantitative estimate of drug-likeness (QED) is 0.920. The van der Waals surface area contributed by atoms with Crippen LogP contribution in [0.25, 0.3) is 0 Å². The summed E-state index contributed by atoms with van der Waals surface area (Å²) in [6.07, 6.45) is 0. The summed E-state index contributed by atoms with van der Waals surface area (Å²) in [5.74, 6) is 0.453. The molecular formula is C13H10N2O2S. The smallest absolute Gasteiger partial charge is 0.265 e. The van der Waals surface area contributed by atoms with Crippen LogP contribution in [0.2, 0.25) is 0 Å². The van der Waals surface area contributed by atoms with Crippen LogP contribution in [0.1, 0.15) is 15.2 Å². The van der Waals surface area contributed by atoms with Gasteiger partial charge < -0.3 is 10.1 Å². The molecule has 2 aromatic rings. The van der Waals surface area contributed by atoms with Gasteiger partial charge in [0, 0.05) is 17.1 Å². The highest BCUT2D eigenvalue weighted by Gasteiger charge is 2.09. The number of methoxy groups -OCH3 is 1. The van der Waals surface area contributed by atoms with Crippen molar-refractivity contribution in [1.82, 2.24) is 0 Å². The Kier molecular flexibility index (Phi) is 3.60. The summed E-state index contributed by atoms with van der Waals surface area (Å²) in [6.45, 7) is 0. The van der Waals surface area contributed by atoms with Crippen LogP contribution in [0, 0.1) is 11.3 Å². The number of hydrogen-bond acceptors (Lipinski definition) is 4. The van der Waals surface area contributed by atoms with E-state index in [9.17, 15) is 4.79 Å². The molecule has 0 aliphatic heterocycles. The number of rotatable bonds is 3. The lowest BCUT2D eigenvalue weighted by molar-refractivity contribution is 0.103. The number of nitrogens with one attached hydrogen (secondary N) is 1. The topological polar surface area (TPSA) is 62.1 Å². The third-order valence-electron chi connectivity index (χ3n) is 2.28. The Hall–Kier alpha value is -2.32. The second-order valence-electron chi connectivity index (χ2n) is 3.50. The van der Waals surface area contributed by atoms with Crippen LogP contribution < -0.4 is 10.1 Å². The van der Waals surface area contributed by atoms with E-state index in [-0.39, 0.29) is 5.91 Å². The first-order valence-corrected chi connectivity index (χ1v) is 6.05. The van der Waals surface area contributed by atoms with Gasteiger partial charge in [0.2, 0.25) is 0 Å². The molecule has 90 valence electrons. The predicted octanol–water partition coefficient (Wildman–Crippen LogP) is 2.88. The first-order chi connectivity index (χ1) is 8.72. The summed E-state index contributed by atoms with van der Waals surface area (Å²) in [5.41, 5.74) is 1.11. The van der Waals surface area contributed by atoms with Crippen LogP contribution in [0.15, 0.2) is 35.7 Å². The van der Waals surface area contributed by atoms with Gasteiger partial charge in [0.15, 0.2) is 0 Å². The van der Waals surface area contributed by atoms with Crippen molar-refractivity contribution >= 4 is 22.9 Å². The summed E-state index contributed by atoms with van der Waals surface area (Å²) in [5, 5.41) is 13.3. The molecule has 0 aliphatic carbocycles. The van der Waals surface area contributed by atoms with E-state index in [0.717, 1.165) is 0 Å². The van der Waals surface area contributed by atoms with E-state index >= 15 is 0 Å². The zero-order chi connectivity index (χ0) is 13.0. The van der Waals surface area contributed by atoms with E-state index in [2.05, 4.69) is 5.32 Å². The maximum absolute atomic E-state index is 11.9. The Morgan fingerprint density at radius 2 is 2.28 bits per heavy atom. The standard InChI is InChI=1S/C13H10N2O2S/c1-17-11-6-12(18-8-11)13(16)15-10-4-2-3-9(5-10)7-14/h2-6,8H,1H3,(H,15,16). The number of carbonyl (C=O) groups excluding carboxylic acids is 1. The zero-order valence-corrected chi connectivity index (χ0v) is 10.5. The lowest BCUT2D eigenvalue weighted by Crippen LogP contribution is -2.10. The second-order valence-corrected chi connectivity index (χ2v) is 4.41. The van der Waals surface area contributed by atoms with Crippen molar-refractivity contribution in [3.63, 3.8) is 0 Å². The lowest BCUT2D eigenvalue weighted by atomic mass is 10.2. The molecular weight excluding hydrogens is 248 g/mol. The van der Waals surface area contributed by atoms with E-state index < -0.39 is 0 Å². The zero-order valence-electron chi connectivity index (χ0n) is 9.64. The van der Waals surface area contributed by atoms with Crippen molar-refractivity contribution in [2.75, 3.05) is 12.4 Å². The Balaban J connectivity index is 2.13. The number of ether oxygens (including phenoxy) is 1. The maximum atomic E-state index is 11.9. The van der Waals surface area contributed by atoms with E-state index in [1.54, 1.807) is 42.8 Å². The fourth-order valence-electron chi connectivity index (χ4n) is 1.40. The van der Waals surface area contributed by atoms with Gasteiger partial charge in [0.1, 0.15) is 5.75 Å². The summed E-state index contributed by atoms with van der Waals surface area (Å²) in [7, 11) is 1.56. The Morgan fingerprint density at radius 3 is 2.94 bits per heavy atom. The number of carbonyl (C=O) groups is 1. The van der Waals surface area contributed by atoms with Gasteiger partial charge in [0.05, 0.1) is 23.6 Å². The van der Waals surface area contributed by atoms with Crippen LogP contribution >= 0.6 is 11.3 Å². The summed E-state index contributed by atoms with van der Waals surface area (Å²) in [4.78, 5) is 12.5. The molecule has 4 nitrogen and oxygen atoms in total. The van der Waals surface area contributed by atoms with Crippen LogP contribution in [0.5, 0.6) is 5.75 Å². The number of nitriles is 1. The average Bonchev–Trinajstić information content (AvgIpc) is 2.88. The van der Waals surface area contributed by atoms with Crippen molar-refractivity contribution in [2.24, 2.45) is 0 Å². The number of thiophene rings is 1. The summed E-state index contributed by atoms with van der Waals surface area (Å²) in [6, 6.07) is 10.5. The maximum Gasteiger partial charge on any atom is 0.265 e. The fourth-order valence-corrected chi connectivity index (χ4v) is 2.15. The van der Waals surface area contributed by atoms with Gasteiger partial charge >= 0.3 is 0 Å². The molecule has 0 atom stereocenters. The molecule has 1 N–H and O–H groups in total. The molecule has 1 heterocycles. The van der Waals surface area contributed by atoms with Crippen molar-refractivity contribution in [3.8, 4) is 11.8 Å². The largest absolute Gasteiger partial charge is 0.496 e. The minimum atomic E-state index is -0.210. The molecule has 1 aromatic heterocycles. The van der Waals surface area contributed by atoms with Gasteiger partial charge in [-0.15, -0.1) is 11.3 Å². The number of hydrogen-bond donors (Lipinski definition) is 1. The van der Waals surface area contributed by atoms with Crippen LogP contribution in [0.3, 0.4) is 0 Å². The molecule has 0 spiro atoms. The highest BCUT2D eigenvalue weighted by Crippen LogP contribution is 2.22. The van der Waals surface area contributed by atoms with Crippen molar-refractivity contribution in [2.45, 2.75) is 0 Å². The normalized spacial score (nSPS) is 9.56. The molecule has 0 saturated heterocycles. The van der Waals surface area contributed by atoms with Gasteiger partial charge in [0.25, 0.3) is 5.91 Å². The van der Waals surface area contributed by atoms with E-state index in [0.29, 0.717) is 21.9 Å². The first-order valence-electron chi connectivity index (χ1n) is 5.17. The van der Waals surface area contributed by atoms with Crippen molar-refractivity contribution < 1.29 is 9.53 Å². The molecule has 0 unspecified atom stereocenters. The van der Waals surface area contributed by atoms with Crippen molar-refractivity contribution in [3.05, 3.63) is 46.2 Å². The SMILES string of the molecule is COc1csc(C(=O)Nc2cccc(C#N)c2)c1. The number of amides is 1. The molecule has 0 radical (unpaired) electrons. The molecule has 1 amide bonds. The van der Waals surface area contributed by atoms with E-state index in [1.165, 1.54) is 11.3 Å². The van der Waals surface area contributed by atoms with Gasteiger partial charge in [-0.3, -0.25) is 4.79 Å². The molecule has 0 aliphatic rings. The number of benzene rings is 1. The third kappa shape index (κ3) is 2.67. The molecule has 0 fully saturated rings. The first kappa shape index (κ1) is 12.1. The minimum Gasteiger partial charge on any atom is -0.496 e. The van der Waals surface area contributed by atoms with E-state index in [1.807, 2.05) is 6.07 Å². The second kappa shape index (κ2) is 5.34. The van der Waals surface area contributed by atoms with Crippen LogP contribution in [-0.4, -0.2) is 13.0 Å².